The normalized spacial score (nSPS) is 20.2. The predicted molar refractivity (Wildman–Crippen MR) is 159 cm³/mol. The minimum atomic E-state index is -1.78. The summed E-state index contributed by atoms with van der Waals surface area (Å²) in [5.41, 5.74) is -0.523. The Morgan fingerprint density at radius 1 is 0.929 bits per heavy atom. The van der Waals surface area contributed by atoms with Crippen molar-refractivity contribution in [3.8, 4) is 0 Å². The molecule has 2 aromatic rings. The molecule has 0 radical (unpaired) electrons. The quantitative estimate of drug-likeness (QED) is 0.514. The predicted octanol–water partition coefficient (Wildman–Crippen LogP) is 3.43. The van der Waals surface area contributed by atoms with Gasteiger partial charge in [-0.25, -0.2) is 4.39 Å². The molecule has 3 saturated heterocycles. The zero-order valence-corrected chi connectivity index (χ0v) is 25.3. The van der Waals surface area contributed by atoms with Crippen LogP contribution in [0.3, 0.4) is 0 Å². The van der Waals surface area contributed by atoms with Crippen LogP contribution in [0.2, 0.25) is 10.0 Å². The molecule has 3 aliphatic heterocycles. The summed E-state index contributed by atoms with van der Waals surface area (Å²) in [4.78, 5) is 45.2. The van der Waals surface area contributed by atoms with Gasteiger partial charge < -0.3 is 25.1 Å². The largest absolute Gasteiger partial charge is 0.380 e. The Labute approximate surface area is 255 Å². The summed E-state index contributed by atoms with van der Waals surface area (Å²) in [5.74, 6) is -1.15. The maximum Gasteiger partial charge on any atom is 0.258 e. The third-order valence-corrected chi connectivity index (χ3v) is 9.22. The van der Waals surface area contributed by atoms with Gasteiger partial charge in [0, 0.05) is 71.0 Å². The number of halogens is 3. The molecule has 9 nitrogen and oxygen atoms in total. The topological polar surface area (TPSA) is 96.4 Å². The molecular weight excluding hydrogens is 584 g/mol. The standard InChI is InChI=1S/C30H36Cl2FN5O4/c1-19(39)35-10-12-36(13-11-35)28(40)27-25(31)15-22(16-26(27)32)34-23-17-38(18-23)24-6-8-37(9-7-24)29(41)30(2,42)20-4-3-5-21(33)14-20/h3-5,14-16,23-24,34,42H,6-13,17-18H2,1-2H3/t30-/m0/s1. The van der Waals surface area contributed by atoms with Crippen molar-refractivity contribution in [2.24, 2.45) is 0 Å². The SMILES string of the molecule is CC(=O)N1CCN(C(=O)c2c(Cl)cc(NC3CN(C4CCN(C(=O)[C@@](C)(O)c5cccc(F)c5)CC4)C3)cc2Cl)CC1. The van der Waals surface area contributed by atoms with Gasteiger partial charge in [0.25, 0.3) is 11.8 Å². The number of nitrogens with one attached hydrogen (secondary N) is 1. The molecule has 0 saturated carbocycles. The molecule has 0 aromatic heterocycles. The van der Waals surface area contributed by atoms with Gasteiger partial charge >= 0.3 is 0 Å². The summed E-state index contributed by atoms with van der Waals surface area (Å²) in [7, 11) is 0. The van der Waals surface area contributed by atoms with Crippen molar-refractivity contribution in [2.45, 2.75) is 44.4 Å². The lowest BCUT2D eigenvalue weighted by molar-refractivity contribution is -0.152. The molecule has 2 N–H and O–H groups in total. The molecule has 0 bridgehead atoms. The van der Waals surface area contributed by atoms with Crippen molar-refractivity contribution < 1.29 is 23.9 Å². The molecule has 3 fully saturated rings. The maximum absolute atomic E-state index is 13.7. The van der Waals surface area contributed by atoms with E-state index in [1.807, 2.05) is 0 Å². The highest BCUT2D eigenvalue weighted by Gasteiger charge is 2.40. The lowest BCUT2D eigenvalue weighted by Gasteiger charge is -2.48. The van der Waals surface area contributed by atoms with E-state index in [2.05, 4.69) is 10.2 Å². The number of likely N-dealkylation sites (tertiary alicyclic amines) is 2. The van der Waals surface area contributed by atoms with E-state index in [0.717, 1.165) is 31.6 Å². The third kappa shape index (κ3) is 6.37. The number of benzene rings is 2. The zero-order valence-electron chi connectivity index (χ0n) is 23.8. The van der Waals surface area contributed by atoms with Crippen LogP contribution in [-0.2, 0) is 15.2 Å². The zero-order chi connectivity index (χ0) is 30.2. The van der Waals surface area contributed by atoms with Gasteiger partial charge in [-0.15, -0.1) is 0 Å². The van der Waals surface area contributed by atoms with Crippen LogP contribution in [0.5, 0.6) is 0 Å². The van der Waals surface area contributed by atoms with Crippen molar-refractivity contribution in [3.05, 3.63) is 63.4 Å². The van der Waals surface area contributed by atoms with Crippen LogP contribution in [0.15, 0.2) is 36.4 Å². The highest BCUT2D eigenvalue weighted by molar-refractivity contribution is 6.40. The molecule has 42 heavy (non-hydrogen) atoms. The molecule has 1 atom stereocenters. The minimum Gasteiger partial charge on any atom is -0.380 e. The van der Waals surface area contributed by atoms with Crippen molar-refractivity contribution in [2.75, 3.05) is 57.7 Å². The lowest BCUT2D eigenvalue weighted by atomic mass is 9.92. The first kappa shape index (κ1) is 30.5. The van der Waals surface area contributed by atoms with E-state index in [9.17, 15) is 23.9 Å². The van der Waals surface area contributed by atoms with Gasteiger partial charge in [0.05, 0.1) is 21.7 Å². The van der Waals surface area contributed by atoms with Crippen LogP contribution < -0.4 is 5.32 Å². The van der Waals surface area contributed by atoms with Crippen molar-refractivity contribution >= 4 is 46.6 Å². The van der Waals surface area contributed by atoms with Gasteiger partial charge in [-0.2, -0.15) is 0 Å². The number of anilines is 1. The average molecular weight is 621 g/mol. The van der Waals surface area contributed by atoms with Crippen LogP contribution in [0.25, 0.3) is 0 Å². The first-order valence-electron chi connectivity index (χ1n) is 14.3. The maximum atomic E-state index is 13.7. The number of carbonyl (C=O) groups excluding carboxylic acids is 3. The first-order valence-corrected chi connectivity index (χ1v) is 15.0. The molecule has 2 aromatic carbocycles. The molecule has 0 aliphatic carbocycles. The van der Waals surface area contributed by atoms with E-state index in [-0.39, 0.29) is 39.0 Å². The van der Waals surface area contributed by atoms with Crippen molar-refractivity contribution in [1.82, 2.24) is 19.6 Å². The Hall–Kier alpha value is -2.92. The number of piperidine rings is 1. The lowest BCUT2D eigenvalue weighted by Crippen LogP contribution is -2.61. The molecular formula is C30H36Cl2FN5O4. The number of aliphatic hydroxyl groups is 1. The Morgan fingerprint density at radius 3 is 2.10 bits per heavy atom. The van der Waals surface area contributed by atoms with Gasteiger partial charge in [-0.05, 0) is 49.6 Å². The van der Waals surface area contributed by atoms with Gasteiger partial charge in [0.1, 0.15) is 5.82 Å². The van der Waals surface area contributed by atoms with Crippen molar-refractivity contribution in [3.63, 3.8) is 0 Å². The Kier molecular flexibility index (Phi) is 8.99. The summed E-state index contributed by atoms with van der Waals surface area (Å²) in [6.07, 6.45) is 1.57. The molecule has 0 spiro atoms. The van der Waals surface area contributed by atoms with E-state index in [1.165, 1.54) is 32.0 Å². The van der Waals surface area contributed by atoms with E-state index in [1.54, 1.807) is 32.9 Å². The summed E-state index contributed by atoms with van der Waals surface area (Å²) >= 11 is 13.1. The van der Waals surface area contributed by atoms with E-state index in [4.69, 9.17) is 23.2 Å². The number of hydrogen-bond acceptors (Lipinski definition) is 6. The number of amides is 3. The smallest absolute Gasteiger partial charge is 0.258 e. The van der Waals surface area contributed by atoms with Crippen LogP contribution >= 0.6 is 23.2 Å². The molecule has 3 amide bonds. The molecule has 3 aliphatic rings. The summed E-state index contributed by atoms with van der Waals surface area (Å²) < 4.78 is 13.7. The van der Waals surface area contributed by atoms with Crippen LogP contribution in [0.1, 0.15) is 42.6 Å². The summed E-state index contributed by atoms with van der Waals surface area (Å²) in [5, 5.41) is 14.9. The summed E-state index contributed by atoms with van der Waals surface area (Å²) in [6.45, 7) is 7.45. The van der Waals surface area contributed by atoms with Gasteiger partial charge in [0.15, 0.2) is 5.60 Å². The summed E-state index contributed by atoms with van der Waals surface area (Å²) in [6, 6.07) is 9.49. The number of carbonyl (C=O) groups is 3. The first-order chi connectivity index (χ1) is 19.9. The van der Waals surface area contributed by atoms with Crippen LogP contribution in [0, 0.1) is 5.82 Å². The van der Waals surface area contributed by atoms with E-state index in [0.29, 0.717) is 45.3 Å². The minimum absolute atomic E-state index is 0.00407. The van der Waals surface area contributed by atoms with Gasteiger partial charge in [-0.1, -0.05) is 35.3 Å². The number of piperazine rings is 1. The highest BCUT2D eigenvalue weighted by atomic mass is 35.5. The fraction of sp³-hybridized carbons (Fsp3) is 0.500. The Bertz CT molecular complexity index is 1330. The Balaban J connectivity index is 1.10. The number of nitrogens with zero attached hydrogens (tertiary/aromatic N) is 4. The molecule has 226 valence electrons. The molecule has 12 heteroatoms. The number of rotatable bonds is 6. The van der Waals surface area contributed by atoms with Gasteiger partial charge in [0.2, 0.25) is 5.91 Å². The number of hydrogen-bond donors (Lipinski definition) is 2. The fourth-order valence-electron chi connectivity index (χ4n) is 6.04. The second-order valence-corrected chi connectivity index (χ2v) is 12.3. The van der Waals surface area contributed by atoms with Crippen LogP contribution in [-0.4, -0.2) is 107 Å². The second-order valence-electron chi connectivity index (χ2n) is 11.5. The molecule has 5 rings (SSSR count). The third-order valence-electron chi connectivity index (χ3n) is 8.62. The average Bonchev–Trinajstić information content (AvgIpc) is 2.94. The molecule has 3 heterocycles. The van der Waals surface area contributed by atoms with E-state index >= 15 is 0 Å². The van der Waals surface area contributed by atoms with E-state index < -0.39 is 17.3 Å². The van der Waals surface area contributed by atoms with Gasteiger partial charge in [-0.3, -0.25) is 19.3 Å². The van der Waals surface area contributed by atoms with Crippen molar-refractivity contribution in [1.29, 1.82) is 0 Å². The Morgan fingerprint density at radius 2 is 1.52 bits per heavy atom. The monoisotopic (exact) mass is 619 g/mol. The second kappa shape index (κ2) is 12.4. The fourth-order valence-corrected chi connectivity index (χ4v) is 6.69. The molecule has 0 unspecified atom stereocenters. The highest BCUT2D eigenvalue weighted by Crippen LogP contribution is 2.33. The van der Waals surface area contributed by atoms with Crippen LogP contribution in [0.4, 0.5) is 10.1 Å².